The van der Waals surface area contributed by atoms with Gasteiger partial charge in [-0.3, -0.25) is 4.79 Å². The number of aliphatic carboxylic acids is 1. The summed E-state index contributed by atoms with van der Waals surface area (Å²) in [5, 5.41) is 9.43. The molecule has 0 aromatic heterocycles. The van der Waals surface area contributed by atoms with Gasteiger partial charge in [-0.25, -0.2) is 0 Å². The number of carboxylic acids is 1. The van der Waals surface area contributed by atoms with E-state index in [4.69, 9.17) is 0 Å². The van der Waals surface area contributed by atoms with Gasteiger partial charge in [-0.2, -0.15) is 0 Å². The zero-order chi connectivity index (χ0) is 18.9. The van der Waals surface area contributed by atoms with Gasteiger partial charge in [0.05, 0.1) is 5.92 Å². The van der Waals surface area contributed by atoms with Gasteiger partial charge in [0.15, 0.2) is 0 Å². The van der Waals surface area contributed by atoms with Gasteiger partial charge in [-0.05, 0) is 12.0 Å². The number of hydrogen-bond donors (Lipinski definition) is 1. The second-order valence-corrected chi connectivity index (χ2v) is 7.69. The summed E-state index contributed by atoms with van der Waals surface area (Å²) in [5.74, 6) is -1.03. The van der Waals surface area contributed by atoms with Crippen molar-refractivity contribution in [3.05, 3.63) is 35.9 Å². The molecule has 0 aliphatic rings. The first-order valence-corrected chi connectivity index (χ1v) is 11.0. The Balaban J connectivity index is 0.00000676. The Kier molecular flexibility index (Phi) is 18.8. The molecule has 0 spiro atoms. The molecule has 0 aliphatic heterocycles. The third kappa shape index (κ3) is 14.4. The Hall–Kier alpha value is -0.310. The number of unbranched alkanes of at least 4 members (excludes halogenated alkanes) is 13. The van der Waals surface area contributed by atoms with Crippen molar-refractivity contribution in [2.45, 2.75) is 109 Å². The molecule has 0 radical (unpaired) electrons. The molecule has 1 unspecified atom stereocenters. The average molecular weight is 385 g/mol. The molecule has 3 heteroatoms. The minimum absolute atomic E-state index is 0. The van der Waals surface area contributed by atoms with Gasteiger partial charge < -0.3 is 5.11 Å². The van der Waals surface area contributed by atoms with E-state index in [0.717, 1.165) is 24.8 Å². The molecule has 0 amide bonds. The number of hydrogen-bond acceptors (Lipinski definition) is 1. The van der Waals surface area contributed by atoms with Crippen LogP contribution in [0.5, 0.6) is 0 Å². The predicted molar refractivity (Wildman–Crippen MR) is 119 cm³/mol. The molecule has 0 saturated heterocycles. The molecule has 0 heterocycles. The first kappa shape index (κ1) is 26.7. The Morgan fingerprint density at radius 3 is 1.56 bits per heavy atom. The van der Waals surface area contributed by atoms with Gasteiger partial charge >= 0.3 is 35.5 Å². The van der Waals surface area contributed by atoms with Crippen molar-refractivity contribution in [2.75, 3.05) is 0 Å². The number of carbonyl (C=O) groups is 1. The summed E-state index contributed by atoms with van der Waals surface area (Å²) in [6.07, 6.45) is 19.4. The predicted octanol–water partition coefficient (Wildman–Crippen LogP) is 7.08. The second kappa shape index (κ2) is 19.0. The molecule has 0 fully saturated rings. The Labute approximate surface area is 189 Å². The molecule has 1 atom stereocenters. The van der Waals surface area contributed by atoms with Gasteiger partial charge in [0, 0.05) is 0 Å². The molecule has 2 nitrogen and oxygen atoms in total. The molecule has 1 rings (SSSR count). The van der Waals surface area contributed by atoms with Crippen molar-refractivity contribution in [1.29, 1.82) is 0 Å². The van der Waals surface area contributed by atoms with Gasteiger partial charge in [0.25, 0.3) is 0 Å². The van der Waals surface area contributed by atoms with Crippen molar-refractivity contribution in [2.24, 2.45) is 0 Å². The molecule has 0 aliphatic carbocycles. The average Bonchev–Trinajstić information content (AvgIpc) is 2.65. The van der Waals surface area contributed by atoms with Crippen molar-refractivity contribution < 1.29 is 9.90 Å². The Bertz CT molecular complexity index is 447. The van der Waals surface area contributed by atoms with E-state index >= 15 is 0 Å². The third-order valence-corrected chi connectivity index (χ3v) is 5.35. The second-order valence-electron chi connectivity index (χ2n) is 7.69. The van der Waals surface area contributed by atoms with Crippen LogP contribution in [0.2, 0.25) is 0 Å². The Morgan fingerprint density at radius 2 is 1.15 bits per heavy atom. The van der Waals surface area contributed by atoms with E-state index in [1.54, 1.807) is 0 Å². The normalized spacial score (nSPS) is 11.7. The molecular weight excluding hydrogens is 343 g/mol. The zero-order valence-corrected chi connectivity index (χ0v) is 16.9. The van der Waals surface area contributed by atoms with Crippen LogP contribution in [-0.2, 0) is 4.79 Å². The van der Waals surface area contributed by atoms with E-state index in [1.165, 1.54) is 77.0 Å². The fourth-order valence-electron chi connectivity index (χ4n) is 3.66. The fourth-order valence-corrected chi connectivity index (χ4v) is 3.66. The zero-order valence-electron chi connectivity index (χ0n) is 16.9. The molecule has 27 heavy (non-hydrogen) atoms. The molecule has 0 saturated carbocycles. The standard InChI is InChI=1S/C24H40O2.Na.H/c1-2-3-4-5-6-7-8-9-10-11-12-13-14-18-21-23(24(25)26)22-19-16-15-17-20-22;;/h15-17,19-20,23H,2-14,18,21H2,1H3,(H,25,26);;. The minimum atomic E-state index is -0.689. The molecule has 1 aromatic rings. The summed E-state index contributed by atoms with van der Waals surface area (Å²) in [5.41, 5.74) is 0.940. The van der Waals surface area contributed by atoms with Crippen LogP contribution in [0, 0.1) is 0 Å². The van der Waals surface area contributed by atoms with Crippen LogP contribution in [0.15, 0.2) is 30.3 Å². The van der Waals surface area contributed by atoms with Crippen LogP contribution in [0.4, 0.5) is 0 Å². The van der Waals surface area contributed by atoms with Gasteiger partial charge in [-0.1, -0.05) is 127 Å². The third-order valence-electron chi connectivity index (χ3n) is 5.35. The summed E-state index contributed by atoms with van der Waals surface area (Å²) in [6, 6.07) is 9.66. The topological polar surface area (TPSA) is 37.3 Å². The van der Waals surface area contributed by atoms with Gasteiger partial charge in [-0.15, -0.1) is 0 Å². The first-order valence-electron chi connectivity index (χ1n) is 11.0. The van der Waals surface area contributed by atoms with E-state index < -0.39 is 5.97 Å². The summed E-state index contributed by atoms with van der Waals surface area (Å²) >= 11 is 0. The van der Waals surface area contributed by atoms with E-state index in [0.29, 0.717) is 0 Å². The van der Waals surface area contributed by atoms with Crippen LogP contribution in [0.25, 0.3) is 0 Å². The van der Waals surface area contributed by atoms with E-state index in [1.807, 2.05) is 30.3 Å². The molecule has 1 aromatic carbocycles. The Morgan fingerprint density at radius 1 is 0.741 bits per heavy atom. The van der Waals surface area contributed by atoms with E-state index in [2.05, 4.69) is 6.92 Å². The molecular formula is C24H41NaO2. The molecule has 0 bridgehead atoms. The van der Waals surface area contributed by atoms with Crippen LogP contribution < -0.4 is 0 Å². The quantitative estimate of drug-likeness (QED) is 0.230. The summed E-state index contributed by atoms with van der Waals surface area (Å²) in [4.78, 5) is 11.5. The van der Waals surface area contributed by atoms with Crippen LogP contribution >= 0.6 is 0 Å². The molecule has 150 valence electrons. The van der Waals surface area contributed by atoms with Crippen molar-refractivity contribution in [1.82, 2.24) is 0 Å². The maximum atomic E-state index is 11.5. The maximum absolute atomic E-state index is 11.5. The van der Waals surface area contributed by atoms with Gasteiger partial charge in [0.2, 0.25) is 0 Å². The molecule has 1 N–H and O–H groups in total. The van der Waals surface area contributed by atoms with Crippen LogP contribution in [0.3, 0.4) is 0 Å². The SMILES string of the molecule is CCCCCCCCCCCCCCCCC(C(=O)O)c1ccccc1.[NaH]. The number of benzene rings is 1. The van der Waals surface area contributed by atoms with Crippen molar-refractivity contribution >= 4 is 35.5 Å². The summed E-state index contributed by atoms with van der Waals surface area (Å²) in [7, 11) is 0. The monoisotopic (exact) mass is 384 g/mol. The van der Waals surface area contributed by atoms with Crippen molar-refractivity contribution in [3.8, 4) is 0 Å². The van der Waals surface area contributed by atoms with Gasteiger partial charge in [0.1, 0.15) is 0 Å². The fraction of sp³-hybridized carbons (Fsp3) is 0.708. The number of rotatable bonds is 17. The van der Waals surface area contributed by atoms with Crippen molar-refractivity contribution in [3.63, 3.8) is 0 Å². The van der Waals surface area contributed by atoms with E-state index in [9.17, 15) is 9.90 Å². The van der Waals surface area contributed by atoms with Crippen LogP contribution in [0.1, 0.15) is 115 Å². The van der Waals surface area contributed by atoms with Crippen LogP contribution in [-0.4, -0.2) is 40.6 Å². The number of carboxylic acid groups (broad SMARTS) is 1. The summed E-state index contributed by atoms with van der Waals surface area (Å²) in [6.45, 7) is 2.27. The summed E-state index contributed by atoms with van der Waals surface area (Å²) < 4.78 is 0. The van der Waals surface area contributed by atoms with E-state index in [-0.39, 0.29) is 35.5 Å². The first-order chi connectivity index (χ1) is 12.8.